The molecule has 4 heteroatoms. The number of aliphatic hydroxyl groups is 1. The molecule has 0 radical (unpaired) electrons. The van der Waals surface area contributed by atoms with Crippen LogP contribution in [0.2, 0.25) is 0 Å². The van der Waals surface area contributed by atoms with Gasteiger partial charge in [-0.3, -0.25) is 4.98 Å². The molecule has 2 rings (SSSR count). The van der Waals surface area contributed by atoms with Crippen molar-refractivity contribution >= 4 is 11.3 Å². The van der Waals surface area contributed by atoms with Gasteiger partial charge in [-0.2, -0.15) is 0 Å². The molecule has 2 N–H and O–H groups in total. The summed E-state index contributed by atoms with van der Waals surface area (Å²) in [4.78, 5) is 5.30. The lowest BCUT2D eigenvalue weighted by molar-refractivity contribution is 0.0587. The first-order valence-corrected chi connectivity index (χ1v) is 5.46. The van der Waals surface area contributed by atoms with Gasteiger partial charge in [0.2, 0.25) is 0 Å². The highest BCUT2D eigenvalue weighted by atomic mass is 32.1. The van der Waals surface area contributed by atoms with Crippen molar-refractivity contribution in [2.75, 3.05) is 0 Å². The first-order chi connectivity index (χ1) is 6.25. The fourth-order valence-corrected chi connectivity index (χ4v) is 2.24. The fourth-order valence-electron chi connectivity index (χ4n) is 1.60. The zero-order valence-corrected chi connectivity index (χ0v) is 8.42. The van der Waals surface area contributed by atoms with Crippen LogP contribution in [0.4, 0.5) is 0 Å². The number of rotatable bonds is 3. The molecule has 1 atom stereocenters. The highest BCUT2D eigenvalue weighted by Gasteiger charge is 2.28. The summed E-state index contributed by atoms with van der Waals surface area (Å²) in [6.07, 6.45) is 3.61. The molecule has 3 nitrogen and oxygen atoms in total. The number of aromatic nitrogens is 1. The average molecular weight is 198 g/mol. The molecular formula is C9H14N2OS. The zero-order valence-electron chi connectivity index (χ0n) is 7.60. The van der Waals surface area contributed by atoms with E-state index in [0.717, 1.165) is 12.8 Å². The summed E-state index contributed by atoms with van der Waals surface area (Å²) >= 11 is 1.67. The van der Waals surface area contributed by atoms with Crippen LogP contribution < -0.4 is 5.32 Å². The van der Waals surface area contributed by atoms with Gasteiger partial charge in [0.25, 0.3) is 0 Å². The number of hydrogen-bond acceptors (Lipinski definition) is 4. The van der Waals surface area contributed by atoms with E-state index in [-0.39, 0.29) is 6.10 Å². The van der Waals surface area contributed by atoms with Crippen molar-refractivity contribution in [1.82, 2.24) is 10.3 Å². The largest absolute Gasteiger partial charge is 0.393 e. The molecular weight excluding hydrogens is 184 g/mol. The lowest BCUT2D eigenvalue weighted by Crippen LogP contribution is -2.44. The van der Waals surface area contributed by atoms with Gasteiger partial charge in [0, 0.05) is 23.2 Å². The third-order valence-corrected chi connectivity index (χ3v) is 3.44. The average Bonchev–Trinajstić information content (AvgIpc) is 2.53. The van der Waals surface area contributed by atoms with Crippen LogP contribution in [0.15, 0.2) is 11.7 Å². The van der Waals surface area contributed by atoms with Crippen LogP contribution in [0.5, 0.6) is 0 Å². The van der Waals surface area contributed by atoms with E-state index in [9.17, 15) is 0 Å². The van der Waals surface area contributed by atoms with Gasteiger partial charge < -0.3 is 10.4 Å². The van der Waals surface area contributed by atoms with Crippen molar-refractivity contribution in [2.24, 2.45) is 0 Å². The van der Waals surface area contributed by atoms with E-state index in [1.807, 2.05) is 11.7 Å². The molecule has 1 fully saturated rings. The maximum absolute atomic E-state index is 9.11. The quantitative estimate of drug-likeness (QED) is 0.770. The first-order valence-electron chi connectivity index (χ1n) is 4.58. The SMILES string of the molecule is CC(NC1CC(O)C1)c1cncs1. The van der Waals surface area contributed by atoms with Gasteiger partial charge in [-0.25, -0.2) is 0 Å². The van der Waals surface area contributed by atoms with Gasteiger partial charge in [0.15, 0.2) is 0 Å². The predicted octanol–water partition coefficient (Wildman–Crippen LogP) is 1.32. The Morgan fingerprint density at radius 3 is 3.00 bits per heavy atom. The smallest absolute Gasteiger partial charge is 0.0794 e. The second-order valence-corrected chi connectivity index (χ2v) is 4.53. The number of thiazole rings is 1. The molecule has 1 unspecified atom stereocenters. The summed E-state index contributed by atoms with van der Waals surface area (Å²) in [7, 11) is 0. The van der Waals surface area contributed by atoms with Crippen LogP contribution in [-0.2, 0) is 0 Å². The summed E-state index contributed by atoms with van der Waals surface area (Å²) in [5.74, 6) is 0. The second kappa shape index (κ2) is 3.74. The number of nitrogens with zero attached hydrogens (tertiary/aromatic N) is 1. The number of aliphatic hydroxyl groups excluding tert-OH is 1. The zero-order chi connectivity index (χ0) is 9.26. The number of hydrogen-bond donors (Lipinski definition) is 2. The maximum atomic E-state index is 9.11. The second-order valence-electron chi connectivity index (χ2n) is 3.61. The Labute approximate surface area is 81.8 Å². The Balaban J connectivity index is 1.82. The van der Waals surface area contributed by atoms with E-state index < -0.39 is 0 Å². The van der Waals surface area contributed by atoms with E-state index in [0.29, 0.717) is 12.1 Å². The van der Waals surface area contributed by atoms with Crippen molar-refractivity contribution in [1.29, 1.82) is 0 Å². The summed E-state index contributed by atoms with van der Waals surface area (Å²) in [5, 5.41) is 12.6. The minimum Gasteiger partial charge on any atom is -0.393 e. The molecule has 1 heterocycles. The third kappa shape index (κ3) is 2.07. The van der Waals surface area contributed by atoms with Crippen LogP contribution in [-0.4, -0.2) is 22.2 Å². The van der Waals surface area contributed by atoms with E-state index in [1.54, 1.807) is 11.3 Å². The van der Waals surface area contributed by atoms with Gasteiger partial charge >= 0.3 is 0 Å². The Morgan fingerprint density at radius 1 is 1.69 bits per heavy atom. The Bertz CT molecular complexity index is 257. The van der Waals surface area contributed by atoms with Crippen molar-refractivity contribution < 1.29 is 5.11 Å². The number of nitrogens with one attached hydrogen (secondary N) is 1. The molecule has 0 aromatic carbocycles. The van der Waals surface area contributed by atoms with Crippen molar-refractivity contribution in [2.45, 2.75) is 38.0 Å². The molecule has 1 aliphatic carbocycles. The highest BCUT2D eigenvalue weighted by molar-refractivity contribution is 7.09. The monoisotopic (exact) mass is 198 g/mol. The van der Waals surface area contributed by atoms with Gasteiger partial charge in [0.1, 0.15) is 0 Å². The van der Waals surface area contributed by atoms with Crippen molar-refractivity contribution in [3.63, 3.8) is 0 Å². The molecule has 1 aromatic rings. The fraction of sp³-hybridized carbons (Fsp3) is 0.667. The van der Waals surface area contributed by atoms with Crippen LogP contribution >= 0.6 is 11.3 Å². The normalized spacial score (nSPS) is 29.7. The van der Waals surface area contributed by atoms with E-state index >= 15 is 0 Å². The molecule has 0 saturated heterocycles. The minimum absolute atomic E-state index is 0.0776. The standard InChI is InChI=1S/C9H14N2OS/c1-6(9-4-10-5-13-9)11-7-2-8(12)3-7/h4-8,11-12H,2-3H2,1H3. The molecule has 0 aliphatic heterocycles. The Hall–Kier alpha value is -0.450. The lowest BCUT2D eigenvalue weighted by Gasteiger charge is -2.34. The lowest BCUT2D eigenvalue weighted by atomic mass is 9.89. The molecule has 13 heavy (non-hydrogen) atoms. The molecule has 1 aromatic heterocycles. The van der Waals surface area contributed by atoms with E-state index in [4.69, 9.17) is 5.11 Å². The molecule has 0 bridgehead atoms. The predicted molar refractivity (Wildman–Crippen MR) is 52.7 cm³/mol. The molecule has 1 saturated carbocycles. The van der Waals surface area contributed by atoms with Crippen LogP contribution in [0.3, 0.4) is 0 Å². The first kappa shape index (κ1) is 9.12. The van der Waals surface area contributed by atoms with E-state index in [2.05, 4.69) is 17.2 Å². The topological polar surface area (TPSA) is 45.1 Å². The molecule has 0 amide bonds. The summed E-state index contributed by atoms with van der Waals surface area (Å²) in [6, 6.07) is 0.858. The summed E-state index contributed by atoms with van der Waals surface area (Å²) < 4.78 is 0. The van der Waals surface area contributed by atoms with Gasteiger partial charge in [0.05, 0.1) is 11.6 Å². The Kier molecular flexibility index (Phi) is 2.62. The summed E-state index contributed by atoms with van der Waals surface area (Å²) in [5.41, 5.74) is 1.85. The van der Waals surface area contributed by atoms with Gasteiger partial charge in [-0.05, 0) is 19.8 Å². The summed E-state index contributed by atoms with van der Waals surface area (Å²) in [6.45, 7) is 2.14. The minimum atomic E-state index is -0.0776. The van der Waals surface area contributed by atoms with Gasteiger partial charge in [-0.15, -0.1) is 11.3 Å². The molecule has 72 valence electrons. The van der Waals surface area contributed by atoms with Crippen LogP contribution in [0.1, 0.15) is 30.7 Å². The maximum Gasteiger partial charge on any atom is 0.0794 e. The highest BCUT2D eigenvalue weighted by Crippen LogP contribution is 2.24. The third-order valence-electron chi connectivity index (χ3n) is 2.48. The van der Waals surface area contributed by atoms with E-state index in [1.165, 1.54) is 4.88 Å². The van der Waals surface area contributed by atoms with Crippen LogP contribution in [0, 0.1) is 0 Å². The van der Waals surface area contributed by atoms with Crippen molar-refractivity contribution in [3.8, 4) is 0 Å². The van der Waals surface area contributed by atoms with Gasteiger partial charge in [-0.1, -0.05) is 0 Å². The van der Waals surface area contributed by atoms with Crippen molar-refractivity contribution in [3.05, 3.63) is 16.6 Å². The Morgan fingerprint density at radius 2 is 2.46 bits per heavy atom. The van der Waals surface area contributed by atoms with Crippen LogP contribution in [0.25, 0.3) is 0 Å². The molecule has 0 spiro atoms. The molecule has 1 aliphatic rings.